The first-order valence-electron chi connectivity index (χ1n) is 12.5. The summed E-state index contributed by atoms with van der Waals surface area (Å²) in [5, 5.41) is 10.0. The van der Waals surface area contributed by atoms with Crippen molar-refractivity contribution in [2.45, 2.75) is 58.2 Å². The molecule has 9 heteroatoms. The number of carbonyl (C=O) groups excluding carboxylic acids is 3. The number of fused-ring (bicyclic) bond motifs is 1. The van der Waals surface area contributed by atoms with Gasteiger partial charge in [-0.05, 0) is 56.9 Å². The second-order valence-corrected chi connectivity index (χ2v) is 9.78. The number of ether oxygens (including phenoxy) is 1. The molecule has 3 aliphatic heterocycles. The molecule has 3 fully saturated rings. The smallest absolute Gasteiger partial charge is 0.272 e. The van der Waals surface area contributed by atoms with Crippen LogP contribution in [0.3, 0.4) is 0 Å². The van der Waals surface area contributed by atoms with Gasteiger partial charge in [-0.3, -0.25) is 19.4 Å². The highest BCUT2D eigenvalue weighted by Gasteiger charge is 2.43. The number of hydrogen-bond donors (Lipinski definition) is 2. The number of benzene rings is 1. The number of hydrazine groups is 1. The SMILES string of the molecule is C#CC.Cc1ccc(C2C=C3C(=O)N(CNC(=O)C4CCO4)CC(C)N3N2C)c(NC(=O)C2CC2)c1. The first-order chi connectivity index (χ1) is 17.2. The zero-order valence-electron chi connectivity index (χ0n) is 21.4. The van der Waals surface area contributed by atoms with Crippen molar-refractivity contribution in [2.24, 2.45) is 5.92 Å². The number of terminal acetylenes is 1. The summed E-state index contributed by atoms with van der Waals surface area (Å²) in [4.78, 5) is 39.6. The van der Waals surface area contributed by atoms with Crippen molar-refractivity contribution in [1.29, 1.82) is 0 Å². The van der Waals surface area contributed by atoms with E-state index < -0.39 is 6.10 Å². The fourth-order valence-electron chi connectivity index (χ4n) is 4.77. The van der Waals surface area contributed by atoms with E-state index in [1.54, 1.807) is 11.8 Å². The van der Waals surface area contributed by atoms with E-state index in [1.807, 2.05) is 43.3 Å². The summed E-state index contributed by atoms with van der Waals surface area (Å²) in [5.74, 6) is 2.14. The molecule has 0 radical (unpaired) electrons. The predicted molar refractivity (Wildman–Crippen MR) is 136 cm³/mol. The van der Waals surface area contributed by atoms with Crippen LogP contribution in [0.1, 0.15) is 50.3 Å². The number of aryl methyl sites for hydroxylation is 1. The molecule has 3 atom stereocenters. The number of carbonyl (C=O) groups is 3. The molecule has 3 unspecified atom stereocenters. The molecule has 192 valence electrons. The van der Waals surface area contributed by atoms with E-state index in [-0.39, 0.29) is 42.4 Å². The first kappa shape index (κ1) is 25.7. The third-order valence-electron chi connectivity index (χ3n) is 6.88. The van der Waals surface area contributed by atoms with Gasteiger partial charge in [0.15, 0.2) is 0 Å². The van der Waals surface area contributed by atoms with E-state index in [0.29, 0.717) is 18.8 Å². The van der Waals surface area contributed by atoms with Crippen molar-refractivity contribution in [1.82, 2.24) is 20.2 Å². The Hall–Kier alpha value is -3.35. The summed E-state index contributed by atoms with van der Waals surface area (Å²) < 4.78 is 5.22. The molecule has 36 heavy (non-hydrogen) atoms. The van der Waals surface area contributed by atoms with Gasteiger partial charge < -0.3 is 20.3 Å². The predicted octanol–water partition coefficient (Wildman–Crippen LogP) is 2.16. The van der Waals surface area contributed by atoms with Crippen molar-refractivity contribution in [3.8, 4) is 12.3 Å². The molecule has 4 aliphatic rings. The van der Waals surface area contributed by atoms with E-state index in [9.17, 15) is 14.4 Å². The zero-order valence-corrected chi connectivity index (χ0v) is 21.4. The Morgan fingerprint density at radius 3 is 2.53 bits per heavy atom. The van der Waals surface area contributed by atoms with Gasteiger partial charge in [-0.25, -0.2) is 5.01 Å². The van der Waals surface area contributed by atoms with Gasteiger partial charge in [0.25, 0.3) is 11.8 Å². The fraction of sp³-hybridized carbons (Fsp3) is 0.519. The van der Waals surface area contributed by atoms with Crippen LogP contribution in [0.25, 0.3) is 0 Å². The molecular formula is C27H35N5O4. The molecule has 3 amide bonds. The van der Waals surface area contributed by atoms with Crippen LogP contribution in [0.15, 0.2) is 30.0 Å². The van der Waals surface area contributed by atoms with Crippen LogP contribution >= 0.6 is 0 Å². The first-order valence-corrected chi connectivity index (χ1v) is 12.5. The lowest BCUT2D eigenvalue weighted by Gasteiger charge is -2.44. The Balaban J connectivity index is 0.000000967. The number of likely N-dealkylation sites (N-methyl/N-ethyl adjacent to an activating group) is 1. The topological polar surface area (TPSA) is 94.2 Å². The van der Waals surface area contributed by atoms with E-state index >= 15 is 0 Å². The van der Waals surface area contributed by atoms with Gasteiger partial charge in [0.2, 0.25) is 5.91 Å². The standard InChI is InChI=1S/C24H31N5O4.C3H4/c1-14-4-7-17(18(10-14)26-22(30)16-5-6-16)19-11-20-24(32)28(12-15(2)29(20)27(19)3)13-25-23(31)21-8-9-33-21;1-3-2/h4,7,10-11,15-16,19,21H,5-6,8-9,12-13H2,1-3H3,(H,25,31)(H,26,30);1H,2H3. The van der Waals surface area contributed by atoms with Gasteiger partial charge in [-0.15, -0.1) is 12.3 Å². The van der Waals surface area contributed by atoms with Gasteiger partial charge in [0.05, 0.1) is 25.4 Å². The summed E-state index contributed by atoms with van der Waals surface area (Å²) in [6, 6.07) is 5.91. The third-order valence-corrected chi connectivity index (χ3v) is 6.88. The van der Waals surface area contributed by atoms with Crippen LogP contribution in [0, 0.1) is 25.2 Å². The second-order valence-electron chi connectivity index (χ2n) is 9.78. The minimum absolute atomic E-state index is 0.0377. The molecule has 3 heterocycles. The highest BCUT2D eigenvalue weighted by Crippen LogP contribution is 2.40. The van der Waals surface area contributed by atoms with Crippen molar-refractivity contribution >= 4 is 23.4 Å². The van der Waals surface area contributed by atoms with E-state index in [0.717, 1.165) is 36.1 Å². The van der Waals surface area contributed by atoms with Crippen molar-refractivity contribution in [3.63, 3.8) is 0 Å². The Bertz CT molecular complexity index is 1100. The molecule has 1 saturated carbocycles. The molecular weight excluding hydrogens is 458 g/mol. The molecule has 0 bridgehead atoms. The number of anilines is 1. The van der Waals surface area contributed by atoms with E-state index in [1.165, 1.54) is 0 Å². The van der Waals surface area contributed by atoms with Crippen molar-refractivity contribution < 1.29 is 19.1 Å². The Morgan fingerprint density at radius 2 is 1.92 bits per heavy atom. The van der Waals surface area contributed by atoms with Gasteiger partial charge in [-0.1, -0.05) is 12.1 Å². The fourth-order valence-corrected chi connectivity index (χ4v) is 4.77. The third kappa shape index (κ3) is 5.25. The van der Waals surface area contributed by atoms with Gasteiger partial charge in [0, 0.05) is 31.6 Å². The molecule has 1 aliphatic carbocycles. The second kappa shape index (κ2) is 10.7. The Labute approximate surface area is 212 Å². The lowest BCUT2D eigenvalue weighted by molar-refractivity contribution is -0.148. The van der Waals surface area contributed by atoms with Crippen LogP contribution in [-0.4, -0.2) is 71.7 Å². The number of rotatable bonds is 6. The van der Waals surface area contributed by atoms with E-state index in [2.05, 4.69) is 34.9 Å². The monoisotopic (exact) mass is 493 g/mol. The molecule has 1 aromatic carbocycles. The lowest BCUT2D eigenvalue weighted by Crippen LogP contribution is -2.58. The summed E-state index contributed by atoms with van der Waals surface area (Å²) in [6.45, 7) is 6.99. The summed E-state index contributed by atoms with van der Waals surface area (Å²) >= 11 is 0. The number of nitrogens with one attached hydrogen (secondary N) is 2. The van der Waals surface area contributed by atoms with Crippen molar-refractivity contribution in [2.75, 3.05) is 32.2 Å². The number of amides is 3. The highest BCUT2D eigenvalue weighted by atomic mass is 16.5. The molecule has 9 nitrogen and oxygen atoms in total. The van der Waals surface area contributed by atoms with Gasteiger partial charge >= 0.3 is 0 Å². The molecule has 2 saturated heterocycles. The Morgan fingerprint density at radius 1 is 1.22 bits per heavy atom. The maximum Gasteiger partial charge on any atom is 0.272 e. The van der Waals surface area contributed by atoms with Crippen LogP contribution in [0.4, 0.5) is 5.69 Å². The molecule has 1 aromatic rings. The summed E-state index contributed by atoms with van der Waals surface area (Å²) in [5.41, 5.74) is 3.42. The highest BCUT2D eigenvalue weighted by molar-refractivity contribution is 5.96. The normalized spacial score (nSPS) is 25.0. The number of nitrogens with zero attached hydrogens (tertiary/aromatic N) is 3. The maximum atomic E-state index is 13.3. The average molecular weight is 494 g/mol. The molecule has 5 rings (SSSR count). The quantitative estimate of drug-likeness (QED) is 0.590. The largest absolute Gasteiger partial charge is 0.368 e. The number of hydrogen-bond acceptors (Lipinski definition) is 6. The van der Waals surface area contributed by atoms with Crippen LogP contribution in [0.5, 0.6) is 0 Å². The van der Waals surface area contributed by atoms with Crippen LogP contribution in [-0.2, 0) is 19.1 Å². The molecule has 2 N–H and O–H groups in total. The number of piperazine rings is 1. The lowest BCUT2D eigenvalue weighted by atomic mass is 10.0. The summed E-state index contributed by atoms with van der Waals surface area (Å²) in [7, 11) is 1.97. The van der Waals surface area contributed by atoms with Crippen molar-refractivity contribution in [3.05, 3.63) is 41.1 Å². The molecule has 0 spiro atoms. The zero-order chi connectivity index (χ0) is 26.0. The van der Waals surface area contributed by atoms with Crippen LogP contribution < -0.4 is 10.6 Å². The maximum absolute atomic E-state index is 13.3. The minimum Gasteiger partial charge on any atom is -0.368 e. The van der Waals surface area contributed by atoms with Gasteiger partial charge in [-0.2, -0.15) is 0 Å². The van der Waals surface area contributed by atoms with E-state index in [4.69, 9.17) is 4.74 Å². The van der Waals surface area contributed by atoms with Crippen LogP contribution in [0.2, 0.25) is 0 Å². The Kier molecular flexibility index (Phi) is 7.67. The minimum atomic E-state index is -0.397. The average Bonchev–Trinajstić information content (AvgIpc) is 3.58. The van der Waals surface area contributed by atoms with Gasteiger partial charge in [0.1, 0.15) is 11.8 Å². The summed E-state index contributed by atoms with van der Waals surface area (Å²) in [6.07, 6.45) is 8.77. The molecule has 0 aromatic heterocycles.